The van der Waals surface area contributed by atoms with Gasteiger partial charge < -0.3 is 34.2 Å². The van der Waals surface area contributed by atoms with Crippen LogP contribution in [0.3, 0.4) is 0 Å². The van der Waals surface area contributed by atoms with Crippen LogP contribution in [0.4, 0.5) is 0 Å². The molecule has 0 saturated carbocycles. The molecule has 0 aromatic rings. The number of esters is 2. The molecule has 0 N–H and O–H groups in total. The van der Waals surface area contributed by atoms with Crippen LogP contribution in [0, 0.1) is 0 Å². The van der Waals surface area contributed by atoms with Crippen LogP contribution >= 0.6 is 0 Å². The summed E-state index contributed by atoms with van der Waals surface area (Å²) in [5.74, 6) is -1.15. The standard InChI is InChI=1S/C28H68O10Si8/c1-39(2,3)33-45(17,34-40(4,5)6)37-43(13,14)25-19-23-31-27(29)21-22-28(30)32-24-20-26-44(15,16)38-46(18,35-41(7,8)9)36-42(10,11)12/h21-22H,19-20,23-26H2,1-18H3. The largest absolute Gasteiger partial charge is 0.466 e. The maximum atomic E-state index is 12.2. The SMILES string of the molecule is C[Si](C)(C)O[Si](C)(O[Si](C)(C)C)O[Si](C)(C)CCCOC(=O)C=CC(=O)OCCC[Si](C)(C)O[Si](C)(O[Si](C)(C)C)O[Si](C)(C)C. The van der Waals surface area contributed by atoms with E-state index in [-0.39, 0.29) is 13.2 Å². The summed E-state index contributed by atoms with van der Waals surface area (Å²) >= 11 is 0. The molecule has 0 heterocycles. The highest BCUT2D eigenvalue weighted by Gasteiger charge is 2.48. The first-order valence-electron chi connectivity index (χ1n) is 16.5. The van der Waals surface area contributed by atoms with Gasteiger partial charge in [-0.25, -0.2) is 9.59 Å². The van der Waals surface area contributed by atoms with Crippen LogP contribution in [-0.2, 0) is 43.8 Å². The van der Waals surface area contributed by atoms with E-state index in [9.17, 15) is 9.59 Å². The highest BCUT2D eigenvalue weighted by atomic mass is 28.5. The lowest BCUT2D eigenvalue weighted by Gasteiger charge is -2.41. The molecule has 0 aromatic carbocycles. The highest BCUT2D eigenvalue weighted by Crippen LogP contribution is 2.29. The van der Waals surface area contributed by atoms with E-state index in [1.165, 1.54) is 0 Å². The Balaban J connectivity index is 4.74. The molecule has 0 bridgehead atoms. The number of ether oxygens (including phenoxy) is 2. The maximum absolute atomic E-state index is 12.2. The average molecular weight is 790 g/mol. The first-order chi connectivity index (χ1) is 20.2. The Hall–Kier alpha value is 0.175. The summed E-state index contributed by atoms with van der Waals surface area (Å²) in [5.41, 5.74) is 0. The fourth-order valence-corrected chi connectivity index (χ4v) is 36.9. The minimum absolute atomic E-state index is 0.241. The molecule has 0 atom stereocenters. The summed E-state index contributed by atoms with van der Waals surface area (Å²) in [6.07, 6.45) is 3.55. The Labute approximate surface area is 290 Å². The van der Waals surface area contributed by atoms with E-state index in [4.69, 9.17) is 34.2 Å². The second-order valence-corrected chi connectivity index (χ2v) is 50.5. The fraction of sp³-hybridized carbons (Fsp3) is 0.857. The normalized spacial score (nSPS) is 14.6. The minimum Gasteiger partial charge on any atom is -0.463 e. The number of carbonyl (C=O) groups excluding carboxylic acids is 2. The van der Waals surface area contributed by atoms with Gasteiger partial charge in [-0.05, 0) is 130 Å². The van der Waals surface area contributed by atoms with Gasteiger partial charge in [0.1, 0.15) is 0 Å². The molecule has 0 aromatic heterocycles. The van der Waals surface area contributed by atoms with Gasteiger partial charge in [-0.2, -0.15) is 0 Å². The van der Waals surface area contributed by atoms with Crippen LogP contribution in [0.5, 0.6) is 0 Å². The molecule has 0 amide bonds. The third-order valence-corrected chi connectivity index (χ3v) is 31.8. The number of rotatable bonds is 22. The third-order valence-electron chi connectivity index (χ3n) is 5.58. The molecule has 272 valence electrons. The van der Waals surface area contributed by atoms with Crippen LogP contribution in [0.15, 0.2) is 12.2 Å². The molecule has 0 fully saturated rings. The van der Waals surface area contributed by atoms with Crippen LogP contribution in [0.1, 0.15) is 12.8 Å². The van der Waals surface area contributed by atoms with E-state index in [0.29, 0.717) is 12.8 Å². The van der Waals surface area contributed by atoms with Gasteiger partial charge in [0.25, 0.3) is 0 Å². The molecule has 0 unspecified atom stereocenters. The summed E-state index contributed by atoms with van der Waals surface area (Å²) in [7, 11) is -17.4. The smallest absolute Gasteiger partial charge is 0.463 e. The van der Waals surface area contributed by atoms with Crippen molar-refractivity contribution in [3.05, 3.63) is 12.2 Å². The van der Waals surface area contributed by atoms with Gasteiger partial charge in [0.2, 0.25) is 0 Å². The molecular formula is C28H68O10Si8. The van der Waals surface area contributed by atoms with E-state index in [2.05, 4.69) is 105 Å². The van der Waals surface area contributed by atoms with E-state index in [1.807, 2.05) is 13.1 Å². The number of hydrogen-bond acceptors (Lipinski definition) is 10. The molecule has 0 aliphatic carbocycles. The Morgan fingerprint density at radius 1 is 0.413 bits per heavy atom. The first-order valence-corrected chi connectivity index (χ1v) is 40.8. The lowest BCUT2D eigenvalue weighted by atomic mass is 10.4. The molecule has 46 heavy (non-hydrogen) atoms. The maximum Gasteiger partial charge on any atom is 0.466 e. The van der Waals surface area contributed by atoms with Crippen molar-refractivity contribution >= 4 is 79.5 Å². The van der Waals surface area contributed by atoms with Crippen molar-refractivity contribution < 1.29 is 43.8 Å². The Morgan fingerprint density at radius 2 is 0.652 bits per heavy atom. The molecule has 0 radical (unpaired) electrons. The Bertz CT molecular complexity index is 886. The Morgan fingerprint density at radius 3 is 0.870 bits per heavy atom. The zero-order valence-corrected chi connectivity index (χ0v) is 40.5. The quantitative estimate of drug-likeness (QED) is 0.0460. The van der Waals surface area contributed by atoms with Gasteiger partial charge in [0.15, 0.2) is 49.9 Å². The molecule has 0 aliphatic heterocycles. The van der Waals surface area contributed by atoms with E-state index < -0.39 is 79.5 Å². The lowest BCUT2D eigenvalue weighted by molar-refractivity contribution is -0.140. The summed E-state index contributed by atoms with van der Waals surface area (Å²) in [4.78, 5) is 24.4. The lowest BCUT2D eigenvalue weighted by Crippen LogP contribution is -2.59. The van der Waals surface area contributed by atoms with Gasteiger partial charge in [-0.1, -0.05) is 0 Å². The summed E-state index contributed by atoms with van der Waals surface area (Å²) in [6, 6.07) is 1.58. The van der Waals surface area contributed by atoms with Gasteiger partial charge >= 0.3 is 29.5 Å². The van der Waals surface area contributed by atoms with Gasteiger partial charge in [0.05, 0.1) is 13.2 Å². The van der Waals surface area contributed by atoms with Crippen molar-refractivity contribution in [2.75, 3.05) is 13.2 Å². The topological polar surface area (TPSA) is 108 Å². The molecule has 18 heteroatoms. The van der Waals surface area contributed by atoms with Crippen molar-refractivity contribution in [2.24, 2.45) is 0 Å². The van der Waals surface area contributed by atoms with Crippen LogP contribution in [-0.4, -0.2) is 92.7 Å². The van der Waals surface area contributed by atoms with Crippen LogP contribution in [0.2, 0.25) is 130 Å². The van der Waals surface area contributed by atoms with Crippen molar-refractivity contribution in [1.82, 2.24) is 0 Å². The van der Waals surface area contributed by atoms with Crippen molar-refractivity contribution in [1.29, 1.82) is 0 Å². The van der Waals surface area contributed by atoms with E-state index in [1.54, 1.807) is 0 Å². The first kappa shape index (κ1) is 46.2. The van der Waals surface area contributed by atoms with Crippen LogP contribution in [0.25, 0.3) is 0 Å². The summed E-state index contributed by atoms with van der Waals surface area (Å²) in [5, 5.41) is 0. The van der Waals surface area contributed by atoms with Gasteiger partial charge in [-0.3, -0.25) is 0 Å². The second kappa shape index (κ2) is 17.9. The third kappa shape index (κ3) is 25.2. The zero-order valence-electron chi connectivity index (χ0n) is 32.5. The van der Waals surface area contributed by atoms with Crippen molar-refractivity contribution in [3.8, 4) is 0 Å². The molecule has 0 aliphatic rings. The van der Waals surface area contributed by atoms with Crippen molar-refractivity contribution in [2.45, 2.75) is 143 Å². The molecule has 0 saturated heterocycles. The second-order valence-electron chi connectivity index (χ2n) is 17.2. The Kier molecular flexibility index (Phi) is 18.0. The van der Waals surface area contributed by atoms with Gasteiger partial charge in [-0.15, -0.1) is 0 Å². The molecular weight excluding hydrogens is 721 g/mol. The summed E-state index contributed by atoms with van der Waals surface area (Å²) in [6.45, 7) is 38.9. The molecule has 0 rings (SSSR count). The average Bonchev–Trinajstić information content (AvgIpc) is 2.71. The predicted molar refractivity (Wildman–Crippen MR) is 208 cm³/mol. The summed E-state index contributed by atoms with van der Waals surface area (Å²) < 4.78 is 50.0. The molecule has 10 nitrogen and oxygen atoms in total. The minimum atomic E-state index is -2.81. The van der Waals surface area contributed by atoms with E-state index >= 15 is 0 Å². The monoisotopic (exact) mass is 788 g/mol. The highest BCUT2D eigenvalue weighted by molar-refractivity contribution is 6.90. The zero-order chi connectivity index (χ0) is 36.5. The van der Waals surface area contributed by atoms with Crippen LogP contribution < -0.4 is 0 Å². The fourth-order valence-electron chi connectivity index (χ4n) is 5.03. The number of hydrogen-bond donors (Lipinski definition) is 0. The van der Waals surface area contributed by atoms with Crippen molar-refractivity contribution in [3.63, 3.8) is 0 Å². The van der Waals surface area contributed by atoms with E-state index in [0.717, 1.165) is 24.2 Å². The van der Waals surface area contributed by atoms with Gasteiger partial charge in [0, 0.05) is 25.2 Å². The number of carbonyl (C=O) groups is 2. The molecule has 0 spiro atoms. The predicted octanol–water partition coefficient (Wildman–Crippen LogP) is 8.40.